The lowest BCUT2D eigenvalue weighted by atomic mass is 10.2. The molecule has 6 heteroatoms. The standard InChI is InChI=1S/C15H21ClN2O3/c1-15(2,3)21-14(19)18-10-4-5-13(12(16)8-10)20-11-6-7-17-9-11/h4-5,8,11,17H,6-7,9H2,1-3H3,(H,18,19). The van der Waals surface area contributed by atoms with E-state index in [0.717, 1.165) is 19.5 Å². The van der Waals surface area contributed by atoms with E-state index in [1.165, 1.54) is 0 Å². The first-order valence-electron chi connectivity index (χ1n) is 7.00. The van der Waals surface area contributed by atoms with Gasteiger partial charge in [-0.05, 0) is 51.9 Å². The van der Waals surface area contributed by atoms with Gasteiger partial charge in [0, 0.05) is 12.2 Å². The molecule has 1 fully saturated rings. The van der Waals surface area contributed by atoms with Crippen LogP contribution in [0.1, 0.15) is 27.2 Å². The number of benzene rings is 1. The first-order chi connectivity index (χ1) is 9.83. The molecule has 2 N–H and O–H groups in total. The first kappa shape index (κ1) is 15.9. The summed E-state index contributed by atoms with van der Waals surface area (Å²) in [5.74, 6) is 0.625. The van der Waals surface area contributed by atoms with Gasteiger partial charge in [-0.15, -0.1) is 0 Å². The smallest absolute Gasteiger partial charge is 0.412 e. The van der Waals surface area contributed by atoms with Crippen LogP contribution in [0.25, 0.3) is 0 Å². The highest BCUT2D eigenvalue weighted by atomic mass is 35.5. The van der Waals surface area contributed by atoms with E-state index < -0.39 is 11.7 Å². The Morgan fingerprint density at radius 3 is 2.76 bits per heavy atom. The molecular weight excluding hydrogens is 292 g/mol. The maximum atomic E-state index is 11.7. The summed E-state index contributed by atoms with van der Waals surface area (Å²) in [6, 6.07) is 5.16. The molecule has 1 atom stereocenters. The van der Waals surface area contributed by atoms with Crippen LogP contribution in [0.5, 0.6) is 5.75 Å². The molecule has 116 valence electrons. The number of halogens is 1. The molecule has 1 unspecified atom stereocenters. The van der Waals surface area contributed by atoms with Crippen LogP contribution in [-0.4, -0.2) is 30.9 Å². The Balaban J connectivity index is 1.96. The van der Waals surface area contributed by atoms with Crippen LogP contribution >= 0.6 is 11.6 Å². The number of rotatable bonds is 3. The average molecular weight is 313 g/mol. The first-order valence-corrected chi connectivity index (χ1v) is 7.38. The number of carbonyl (C=O) groups excluding carboxylic acids is 1. The third-order valence-corrected chi connectivity index (χ3v) is 3.18. The predicted octanol–water partition coefficient (Wildman–Crippen LogP) is 3.43. The molecule has 1 aliphatic rings. The Hall–Kier alpha value is -1.46. The van der Waals surface area contributed by atoms with Crippen LogP contribution in [-0.2, 0) is 4.74 Å². The second-order valence-corrected chi connectivity index (χ2v) is 6.41. The Labute approximate surface area is 130 Å². The van der Waals surface area contributed by atoms with Crippen LogP contribution in [0.4, 0.5) is 10.5 Å². The summed E-state index contributed by atoms with van der Waals surface area (Å²) < 4.78 is 11.0. The van der Waals surface area contributed by atoms with E-state index in [1.54, 1.807) is 18.2 Å². The van der Waals surface area contributed by atoms with Crippen molar-refractivity contribution in [2.45, 2.75) is 38.9 Å². The zero-order valence-corrected chi connectivity index (χ0v) is 13.3. The predicted molar refractivity (Wildman–Crippen MR) is 83.2 cm³/mol. The summed E-state index contributed by atoms with van der Waals surface area (Å²) in [6.45, 7) is 7.22. The summed E-state index contributed by atoms with van der Waals surface area (Å²) >= 11 is 6.19. The van der Waals surface area contributed by atoms with Gasteiger partial charge in [0.25, 0.3) is 0 Å². The molecule has 1 aromatic carbocycles. The van der Waals surface area contributed by atoms with Gasteiger partial charge in [0.15, 0.2) is 0 Å². The third kappa shape index (κ3) is 5.10. The quantitative estimate of drug-likeness (QED) is 0.897. The van der Waals surface area contributed by atoms with E-state index in [-0.39, 0.29) is 6.10 Å². The van der Waals surface area contributed by atoms with Crippen LogP contribution in [0, 0.1) is 0 Å². The highest BCUT2D eigenvalue weighted by molar-refractivity contribution is 6.32. The van der Waals surface area contributed by atoms with Crippen molar-refractivity contribution in [2.24, 2.45) is 0 Å². The van der Waals surface area contributed by atoms with Gasteiger partial charge in [-0.3, -0.25) is 5.32 Å². The molecule has 1 amide bonds. The number of nitrogens with one attached hydrogen (secondary N) is 2. The zero-order valence-electron chi connectivity index (χ0n) is 12.5. The van der Waals surface area contributed by atoms with Gasteiger partial charge in [-0.2, -0.15) is 0 Å². The lowest BCUT2D eigenvalue weighted by Crippen LogP contribution is -2.27. The minimum Gasteiger partial charge on any atom is -0.487 e. The van der Waals surface area contributed by atoms with Gasteiger partial charge in [-0.25, -0.2) is 4.79 Å². The number of amides is 1. The molecule has 21 heavy (non-hydrogen) atoms. The molecule has 0 aliphatic carbocycles. The molecular formula is C15H21ClN2O3. The molecule has 0 aromatic heterocycles. The summed E-state index contributed by atoms with van der Waals surface area (Å²) in [5, 5.41) is 6.34. The minimum absolute atomic E-state index is 0.146. The van der Waals surface area contributed by atoms with E-state index in [4.69, 9.17) is 21.1 Å². The van der Waals surface area contributed by atoms with Crippen molar-refractivity contribution in [3.63, 3.8) is 0 Å². The lowest BCUT2D eigenvalue weighted by molar-refractivity contribution is 0.0636. The Morgan fingerprint density at radius 1 is 1.43 bits per heavy atom. The largest absolute Gasteiger partial charge is 0.487 e. The van der Waals surface area contributed by atoms with Gasteiger partial charge < -0.3 is 14.8 Å². The van der Waals surface area contributed by atoms with Crippen LogP contribution in [0.2, 0.25) is 5.02 Å². The maximum Gasteiger partial charge on any atom is 0.412 e. The molecule has 0 saturated carbocycles. The molecule has 1 aromatic rings. The topological polar surface area (TPSA) is 59.6 Å². The van der Waals surface area contributed by atoms with Crippen molar-refractivity contribution in [3.05, 3.63) is 23.2 Å². The molecule has 1 saturated heterocycles. The third-order valence-electron chi connectivity index (χ3n) is 2.89. The van der Waals surface area contributed by atoms with Gasteiger partial charge in [0.2, 0.25) is 0 Å². The Morgan fingerprint density at radius 2 is 2.19 bits per heavy atom. The Kier molecular flexibility index (Phi) is 4.96. The van der Waals surface area contributed by atoms with Crippen molar-refractivity contribution in [3.8, 4) is 5.75 Å². The van der Waals surface area contributed by atoms with Gasteiger partial charge in [0.1, 0.15) is 17.5 Å². The van der Waals surface area contributed by atoms with Gasteiger partial charge in [-0.1, -0.05) is 11.6 Å². The van der Waals surface area contributed by atoms with Crippen molar-refractivity contribution in [1.82, 2.24) is 5.32 Å². The van der Waals surface area contributed by atoms with Crippen LogP contribution in [0.15, 0.2) is 18.2 Å². The monoisotopic (exact) mass is 312 g/mol. The van der Waals surface area contributed by atoms with Crippen molar-refractivity contribution < 1.29 is 14.3 Å². The SMILES string of the molecule is CC(C)(C)OC(=O)Nc1ccc(OC2CCNC2)c(Cl)c1. The zero-order chi connectivity index (χ0) is 15.5. The fourth-order valence-electron chi connectivity index (χ4n) is 2.00. The van der Waals surface area contributed by atoms with Crippen molar-refractivity contribution in [1.29, 1.82) is 0 Å². The molecule has 1 aliphatic heterocycles. The van der Waals surface area contributed by atoms with Gasteiger partial charge >= 0.3 is 6.09 Å². The normalized spacial score (nSPS) is 18.4. The number of ether oxygens (including phenoxy) is 2. The van der Waals surface area contributed by atoms with Gasteiger partial charge in [0.05, 0.1) is 5.02 Å². The highest BCUT2D eigenvalue weighted by Gasteiger charge is 2.19. The average Bonchev–Trinajstić information content (AvgIpc) is 2.83. The highest BCUT2D eigenvalue weighted by Crippen LogP contribution is 2.29. The molecule has 1 heterocycles. The Bertz CT molecular complexity index is 508. The number of hydrogen-bond acceptors (Lipinski definition) is 4. The summed E-state index contributed by atoms with van der Waals surface area (Å²) in [6.07, 6.45) is 0.605. The van der Waals surface area contributed by atoms with Crippen LogP contribution < -0.4 is 15.4 Å². The molecule has 0 spiro atoms. The summed E-state index contributed by atoms with van der Waals surface area (Å²) in [4.78, 5) is 11.7. The summed E-state index contributed by atoms with van der Waals surface area (Å²) in [5.41, 5.74) is 0.0398. The molecule has 5 nitrogen and oxygen atoms in total. The maximum absolute atomic E-state index is 11.7. The molecule has 0 bridgehead atoms. The second kappa shape index (κ2) is 6.54. The number of anilines is 1. The summed E-state index contributed by atoms with van der Waals surface area (Å²) in [7, 11) is 0. The van der Waals surface area contributed by atoms with E-state index >= 15 is 0 Å². The van der Waals surface area contributed by atoms with Crippen LogP contribution in [0.3, 0.4) is 0 Å². The fourth-order valence-corrected chi connectivity index (χ4v) is 2.23. The van der Waals surface area contributed by atoms with E-state index in [2.05, 4.69) is 10.6 Å². The van der Waals surface area contributed by atoms with E-state index in [0.29, 0.717) is 16.5 Å². The molecule has 0 radical (unpaired) electrons. The number of hydrogen-bond donors (Lipinski definition) is 2. The fraction of sp³-hybridized carbons (Fsp3) is 0.533. The lowest BCUT2D eigenvalue weighted by Gasteiger charge is -2.20. The van der Waals surface area contributed by atoms with E-state index in [1.807, 2.05) is 20.8 Å². The minimum atomic E-state index is -0.535. The number of carbonyl (C=O) groups is 1. The van der Waals surface area contributed by atoms with Crippen molar-refractivity contribution >= 4 is 23.4 Å². The molecule has 2 rings (SSSR count). The van der Waals surface area contributed by atoms with E-state index in [9.17, 15) is 4.79 Å². The van der Waals surface area contributed by atoms with Crippen molar-refractivity contribution in [2.75, 3.05) is 18.4 Å². The second-order valence-electron chi connectivity index (χ2n) is 6.00.